The molecule has 0 amide bonds. The largest absolute Gasteiger partial charge is 0.468 e. The van der Waals surface area contributed by atoms with Crippen LogP contribution in [0.2, 0.25) is 0 Å². The van der Waals surface area contributed by atoms with Gasteiger partial charge in [0.25, 0.3) is 0 Å². The first kappa shape index (κ1) is 11.8. The lowest BCUT2D eigenvalue weighted by molar-refractivity contribution is -0.145. The summed E-state index contributed by atoms with van der Waals surface area (Å²) >= 11 is 0. The van der Waals surface area contributed by atoms with Crippen molar-refractivity contribution in [2.45, 2.75) is 31.8 Å². The molecule has 1 fully saturated rings. The fourth-order valence-corrected chi connectivity index (χ4v) is 1.82. The van der Waals surface area contributed by atoms with E-state index >= 15 is 0 Å². The molecule has 0 spiro atoms. The zero-order valence-electron chi connectivity index (χ0n) is 9.52. The maximum atomic E-state index is 11.6. The van der Waals surface area contributed by atoms with Gasteiger partial charge in [0.2, 0.25) is 0 Å². The Morgan fingerprint density at radius 2 is 2.27 bits per heavy atom. The number of azide groups is 1. The van der Waals surface area contributed by atoms with Crippen LogP contribution in [0.1, 0.15) is 20.8 Å². The van der Waals surface area contributed by atoms with Crippen molar-refractivity contribution < 1.29 is 9.53 Å². The number of carbonyl (C=O) groups excluding carboxylic acids is 1. The van der Waals surface area contributed by atoms with Crippen LogP contribution in [0, 0.1) is 0 Å². The van der Waals surface area contributed by atoms with E-state index in [1.807, 2.05) is 25.7 Å². The van der Waals surface area contributed by atoms with Gasteiger partial charge in [0.05, 0.1) is 13.7 Å². The lowest BCUT2D eigenvalue weighted by Gasteiger charge is -2.25. The van der Waals surface area contributed by atoms with E-state index in [0.29, 0.717) is 6.54 Å². The van der Waals surface area contributed by atoms with Crippen LogP contribution in [0.15, 0.2) is 5.11 Å². The third-order valence-corrected chi connectivity index (χ3v) is 2.60. The minimum absolute atomic E-state index is 0.126. The van der Waals surface area contributed by atoms with Gasteiger partial charge in [-0.2, -0.15) is 0 Å². The van der Waals surface area contributed by atoms with Crippen molar-refractivity contribution >= 4 is 5.97 Å². The lowest BCUT2D eigenvalue weighted by atomic mass is 10.1. The molecule has 2 unspecified atom stereocenters. The molecule has 1 aliphatic rings. The number of nitrogens with zero attached hydrogens (tertiary/aromatic N) is 4. The molecule has 1 aliphatic heterocycles. The second-order valence-corrected chi connectivity index (χ2v) is 4.67. The Bertz CT molecular complexity index is 317. The molecule has 2 atom stereocenters. The second-order valence-electron chi connectivity index (χ2n) is 4.67. The molecule has 0 N–H and O–H groups in total. The maximum Gasteiger partial charge on any atom is 0.327 e. The number of hydrogen-bond donors (Lipinski definition) is 0. The Kier molecular flexibility index (Phi) is 2.93. The Hall–Kier alpha value is -1.26. The molecule has 6 heteroatoms. The Labute approximate surface area is 88.8 Å². The molecule has 6 nitrogen and oxygen atoms in total. The van der Waals surface area contributed by atoms with Crippen LogP contribution in [-0.2, 0) is 9.53 Å². The van der Waals surface area contributed by atoms with E-state index in [-0.39, 0.29) is 18.1 Å². The van der Waals surface area contributed by atoms with E-state index in [9.17, 15) is 4.79 Å². The van der Waals surface area contributed by atoms with Crippen LogP contribution in [-0.4, -0.2) is 42.1 Å². The zero-order chi connectivity index (χ0) is 11.7. The van der Waals surface area contributed by atoms with Crippen molar-refractivity contribution in [1.29, 1.82) is 0 Å². The average Bonchev–Trinajstić information content (AvgIpc) is 2.89. The van der Waals surface area contributed by atoms with Crippen molar-refractivity contribution in [1.82, 2.24) is 4.90 Å². The average molecular weight is 212 g/mol. The van der Waals surface area contributed by atoms with Crippen molar-refractivity contribution in [3.05, 3.63) is 10.4 Å². The van der Waals surface area contributed by atoms with Crippen molar-refractivity contribution in [2.24, 2.45) is 5.11 Å². The highest BCUT2D eigenvalue weighted by Gasteiger charge is 2.62. The summed E-state index contributed by atoms with van der Waals surface area (Å²) in [5.74, 6) is -0.329. The van der Waals surface area contributed by atoms with Gasteiger partial charge in [0, 0.05) is 17.0 Å². The molecule has 1 saturated heterocycles. The van der Waals surface area contributed by atoms with E-state index in [1.54, 1.807) is 0 Å². The maximum absolute atomic E-state index is 11.6. The quantitative estimate of drug-likeness (QED) is 0.233. The fraction of sp³-hybridized carbons (Fsp3) is 0.889. The van der Waals surface area contributed by atoms with E-state index < -0.39 is 5.54 Å². The molecular weight excluding hydrogens is 196 g/mol. The second kappa shape index (κ2) is 3.72. The van der Waals surface area contributed by atoms with E-state index in [4.69, 9.17) is 10.3 Å². The van der Waals surface area contributed by atoms with Crippen LogP contribution in [0.5, 0.6) is 0 Å². The van der Waals surface area contributed by atoms with Crippen LogP contribution >= 0.6 is 0 Å². The number of rotatable bonds is 3. The lowest BCUT2D eigenvalue weighted by Crippen LogP contribution is -2.40. The van der Waals surface area contributed by atoms with Gasteiger partial charge in [0.15, 0.2) is 0 Å². The van der Waals surface area contributed by atoms with E-state index in [1.165, 1.54) is 7.11 Å². The van der Waals surface area contributed by atoms with Gasteiger partial charge >= 0.3 is 5.97 Å². The minimum atomic E-state index is -0.737. The van der Waals surface area contributed by atoms with Gasteiger partial charge in [-0.15, -0.1) is 0 Å². The van der Waals surface area contributed by atoms with Crippen molar-refractivity contribution in [2.75, 3.05) is 20.2 Å². The van der Waals surface area contributed by atoms with Crippen molar-refractivity contribution in [3.8, 4) is 0 Å². The topological polar surface area (TPSA) is 78.1 Å². The molecule has 0 aromatic heterocycles. The van der Waals surface area contributed by atoms with Gasteiger partial charge in [-0.05, 0) is 26.3 Å². The molecule has 0 aromatic carbocycles. The Balaban J connectivity index is 2.84. The van der Waals surface area contributed by atoms with Crippen molar-refractivity contribution in [3.63, 3.8) is 0 Å². The SMILES string of the molecule is COC(=O)C1(CN=[N+]=[N-])CN1C(C)(C)C. The van der Waals surface area contributed by atoms with Gasteiger partial charge in [-0.25, -0.2) is 4.79 Å². The third kappa shape index (κ3) is 2.06. The van der Waals surface area contributed by atoms with Crippen LogP contribution < -0.4 is 0 Å². The van der Waals surface area contributed by atoms with Crippen LogP contribution in [0.3, 0.4) is 0 Å². The minimum Gasteiger partial charge on any atom is -0.468 e. The molecule has 84 valence electrons. The Morgan fingerprint density at radius 3 is 2.60 bits per heavy atom. The first-order valence-electron chi connectivity index (χ1n) is 4.75. The predicted octanol–water partition coefficient (Wildman–Crippen LogP) is 1.32. The van der Waals surface area contributed by atoms with Crippen LogP contribution in [0.4, 0.5) is 0 Å². The molecule has 1 rings (SSSR count). The molecule has 0 aliphatic carbocycles. The molecule has 0 bridgehead atoms. The standard InChI is InChI=1S/C9H16N4O2/c1-8(2,3)13-6-9(13,5-11-12-10)7(14)15-4/h5-6H2,1-4H3. The van der Waals surface area contributed by atoms with Gasteiger partial charge in [0.1, 0.15) is 5.54 Å². The number of esters is 1. The molecule has 1 heterocycles. The summed E-state index contributed by atoms with van der Waals surface area (Å²) in [5.41, 5.74) is 7.43. The number of carbonyl (C=O) groups is 1. The molecule has 0 aromatic rings. The summed E-state index contributed by atoms with van der Waals surface area (Å²) in [4.78, 5) is 16.3. The first-order valence-corrected chi connectivity index (χ1v) is 4.75. The highest BCUT2D eigenvalue weighted by atomic mass is 16.5. The third-order valence-electron chi connectivity index (χ3n) is 2.60. The number of hydrogen-bond acceptors (Lipinski definition) is 4. The summed E-state index contributed by atoms with van der Waals surface area (Å²) in [5, 5.41) is 3.48. The zero-order valence-corrected chi connectivity index (χ0v) is 9.52. The van der Waals surface area contributed by atoms with E-state index in [0.717, 1.165) is 0 Å². The predicted molar refractivity (Wildman–Crippen MR) is 55.2 cm³/mol. The normalized spacial score (nSPS) is 29.2. The summed E-state index contributed by atoms with van der Waals surface area (Å²) in [7, 11) is 1.35. The smallest absolute Gasteiger partial charge is 0.327 e. The summed E-state index contributed by atoms with van der Waals surface area (Å²) in [6.45, 7) is 6.74. The molecule has 15 heavy (non-hydrogen) atoms. The number of ether oxygens (including phenoxy) is 1. The Morgan fingerprint density at radius 1 is 1.67 bits per heavy atom. The highest BCUT2D eigenvalue weighted by molar-refractivity contribution is 5.85. The fourth-order valence-electron chi connectivity index (χ4n) is 1.82. The van der Waals surface area contributed by atoms with E-state index in [2.05, 4.69) is 10.0 Å². The first-order chi connectivity index (χ1) is 6.88. The summed E-state index contributed by atoms with van der Waals surface area (Å²) in [6.07, 6.45) is 0. The molecule has 0 radical (unpaired) electrons. The summed E-state index contributed by atoms with van der Waals surface area (Å²) < 4.78 is 4.74. The van der Waals surface area contributed by atoms with Gasteiger partial charge in [-0.3, -0.25) is 4.90 Å². The van der Waals surface area contributed by atoms with Crippen LogP contribution in [0.25, 0.3) is 10.4 Å². The van der Waals surface area contributed by atoms with Gasteiger partial charge in [-0.1, -0.05) is 5.11 Å². The molecular formula is C9H16N4O2. The monoisotopic (exact) mass is 212 g/mol. The number of methoxy groups -OCH3 is 1. The molecule has 0 saturated carbocycles. The highest BCUT2D eigenvalue weighted by Crippen LogP contribution is 2.40. The summed E-state index contributed by atoms with van der Waals surface area (Å²) in [6, 6.07) is 0. The van der Waals surface area contributed by atoms with Gasteiger partial charge < -0.3 is 4.74 Å².